The number of rotatable bonds is 5. The molecular formula is C17H25F3O4. The first kappa shape index (κ1) is 19.2. The number of carbonyl (C=O) groups is 1. The zero-order valence-electron chi connectivity index (χ0n) is 13.9. The monoisotopic (exact) mass is 350 g/mol. The average molecular weight is 350 g/mol. The van der Waals surface area contributed by atoms with Gasteiger partial charge < -0.3 is 14.2 Å². The predicted octanol–water partition coefficient (Wildman–Crippen LogP) is 4.00. The van der Waals surface area contributed by atoms with Crippen LogP contribution in [0.4, 0.5) is 13.2 Å². The molecular weight excluding hydrogens is 325 g/mol. The van der Waals surface area contributed by atoms with Gasteiger partial charge in [0.05, 0.1) is 13.2 Å². The third-order valence-electron chi connectivity index (χ3n) is 4.45. The molecule has 2 aliphatic rings. The molecule has 2 rings (SSSR count). The molecule has 7 heteroatoms. The van der Waals surface area contributed by atoms with E-state index in [9.17, 15) is 18.0 Å². The van der Waals surface area contributed by atoms with Crippen molar-refractivity contribution in [1.82, 2.24) is 0 Å². The van der Waals surface area contributed by atoms with E-state index in [1.165, 1.54) is 0 Å². The highest BCUT2D eigenvalue weighted by molar-refractivity contribution is 5.75. The highest BCUT2D eigenvalue weighted by Gasteiger charge is 2.42. The summed E-state index contributed by atoms with van der Waals surface area (Å²) in [6.07, 6.45) is 2.49. The lowest BCUT2D eigenvalue weighted by Crippen LogP contribution is -2.32. The summed E-state index contributed by atoms with van der Waals surface area (Å²) >= 11 is 0. The maximum Gasteiger partial charge on any atom is 0.490 e. The summed E-state index contributed by atoms with van der Waals surface area (Å²) in [5.41, 5.74) is 0. The van der Waals surface area contributed by atoms with Crippen molar-refractivity contribution in [3.05, 3.63) is 12.2 Å². The number of halogens is 3. The van der Waals surface area contributed by atoms with Crippen molar-refractivity contribution in [2.45, 2.75) is 64.0 Å². The van der Waals surface area contributed by atoms with Gasteiger partial charge in [0.25, 0.3) is 0 Å². The summed E-state index contributed by atoms with van der Waals surface area (Å²) in [5.74, 6) is -1.38. The molecule has 0 unspecified atom stereocenters. The molecule has 0 aromatic rings. The van der Waals surface area contributed by atoms with Crippen molar-refractivity contribution in [2.24, 2.45) is 11.8 Å². The fraction of sp³-hybridized carbons (Fsp3) is 0.824. The maximum atomic E-state index is 12.2. The first-order valence-electron chi connectivity index (χ1n) is 8.57. The Kier molecular flexibility index (Phi) is 7.10. The molecule has 0 aromatic carbocycles. The van der Waals surface area contributed by atoms with Crippen LogP contribution in [-0.4, -0.2) is 37.8 Å². The van der Waals surface area contributed by atoms with Gasteiger partial charge in [0.1, 0.15) is 6.10 Å². The van der Waals surface area contributed by atoms with E-state index in [2.05, 4.69) is 11.7 Å². The van der Waals surface area contributed by atoms with Crippen LogP contribution in [0.25, 0.3) is 0 Å². The summed E-state index contributed by atoms with van der Waals surface area (Å²) in [5, 5.41) is 0. The first-order valence-corrected chi connectivity index (χ1v) is 8.57. The Balaban J connectivity index is 1.67. The highest BCUT2D eigenvalue weighted by atomic mass is 19.4. The second-order valence-electron chi connectivity index (χ2n) is 6.51. The molecule has 0 spiro atoms. The van der Waals surface area contributed by atoms with Gasteiger partial charge in [-0.05, 0) is 44.1 Å². The minimum Gasteiger partial charge on any atom is -0.456 e. The molecule has 0 radical (unpaired) electrons. The molecule has 1 saturated heterocycles. The lowest BCUT2D eigenvalue weighted by Gasteiger charge is -2.29. The number of alkyl halides is 3. The molecule has 0 bridgehead atoms. The largest absolute Gasteiger partial charge is 0.490 e. The van der Waals surface area contributed by atoms with Gasteiger partial charge in [-0.25, -0.2) is 4.79 Å². The Bertz CT molecular complexity index is 420. The SMILES string of the molecule is CCCC1COC(/C=C/C2CCC(OC(=O)C(F)(F)F)CC2)OC1. The van der Waals surface area contributed by atoms with E-state index in [1.807, 2.05) is 12.2 Å². The van der Waals surface area contributed by atoms with Gasteiger partial charge >= 0.3 is 12.1 Å². The molecule has 24 heavy (non-hydrogen) atoms. The van der Waals surface area contributed by atoms with E-state index < -0.39 is 18.2 Å². The molecule has 0 N–H and O–H groups in total. The maximum absolute atomic E-state index is 12.2. The van der Waals surface area contributed by atoms with Crippen LogP contribution in [0.2, 0.25) is 0 Å². The number of allylic oxidation sites excluding steroid dienone is 1. The van der Waals surface area contributed by atoms with Crippen molar-refractivity contribution >= 4 is 5.97 Å². The fourth-order valence-corrected chi connectivity index (χ4v) is 3.11. The Morgan fingerprint density at radius 3 is 2.29 bits per heavy atom. The van der Waals surface area contributed by atoms with Gasteiger partial charge in [0.15, 0.2) is 6.29 Å². The van der Waals surface area contributed by atoms with Crippen LogP contribution in [0, 0.1) is 11.8 Å². The molecule has 1 aliphatic heterocycles. The van der Waals surface area contributed by atoms with Crippen LogP contribution in [0.15, 0.2) is 12.2 Å². The second kappa shape index (κ2) is 8.85. The van der Waals surface area contributed by atoms with Gasteiger partial charge in [0.2, 0.25) is 0 Å². The van der Waals surface area contributed by atoms with E-state index >= 15 is 0 Å². The van der Waals surface area contributed by atoms with Crippen LogP contribution < -0.4 is 0 Å². The number of ether oxygens (including phenoxy) is 3. The molecule has 0 amide bonds. The van der Waals surface area contributed by atoms with Gasteiger partial charge in [-0.2, -0.15) is 13.2 Å². The van der Waals surface area contributed by atoms with E-state index in [1.54, 1.807) is 0 Å². The second-order valence-corrected chi connectivity index (χ2v) is 6.51. The third kappa shape index (κ3) is 6.09. The van der Waals surface area contributed by atoms with E-state index in [0.29, 0.717) is 44.8 Å². The Hall–Kier alpha value is -1.08. The van der Waals surface area contributed by atoms with Crippen LogP contribution in [0.3, 0.4) is 0 Å². The topological polar surface area (TPSA) is 44.8 Å². The summed E-state index contributed by atoms with van der Waals surface area (Å²) in [6, 6.07) is 0. The van der Waals surface area contributed by atoms with E-state index in [-0.39, 0.29) is 12.2 Å². The highest BCUT2D eigenvalue weighted by Crippen LogP contribution is 2.29. The normalized spacial score (nSPS) is 32.0. The van der Waals surface area contributed by atoms with E-state index in [4.69, 9.17) is 9.47 Å². The number of hydrogen-bond acceptors (Lipinski definition) is 4. The Labute approximate surface area is 140 Å². The van der Waals surface area contributed by atoms with Crippen molar-refractivity contribution in [1.29, 1.82) is 0 Å². The minimum absolute atomic E-state index is 0.256. The number of hydrogen-bond donors (Lipinski definition) is 0. The first-order chi connectivity index (χ1) is 11.4. The molecule has 4 nitrogen and oxygen atoms in total. The van der Waals surface area contributed by atoms with Crippen molar-refractivity contribution in [3.8, 4) is 0 Å². The quantitative estimate of drug-likeness (QED) is 0.555. The molecule has 0 atom stereocenters. The van der Waals surface area contributed by atoms with Gasteiger partial charge in [-0.1, -0.05) is 19.4 Å². The number of carbonyl (C=O) groups excluding carboxylic acids is 1. The predicted molar refractivity (Wildman–Crippen MR) is 81.1 cm³/mol. The summed E-state index contributed by atoms with van der Waals surface area (Å²) in [6.45, 7) is 3.53. The van der Waals surface area contributed by atoms with Crippen LogP contribution in [-0.2, 0) is 19.0 Å². The fourth-order valence-electron chi connectivity index (χ4n) is 3.11. The van der Waals surface area contributed by atoms with Gasteiger partial charge in [-0.15, -0.1) is 0 Å². The summed E-state index contributed by atoms with van der Waals surface area (Å²) in [7, 11) is 0. The average Bonchev–Trinajstić information content (AvgIpc) is 2.55. The lowest BCUT2D eigenvalue weighted by atomic mass is 9.87. The lowest BCUT2D eigenvalue weighted by molar-refractivity contribution is -0.206. The third-order valence-corrected chi connectivity index (χ3v) is 4.45. The Morgan fingerprint density at radius 2 is 1.75 bits per heavy atom. The van der Waals surface area contributed by atoms with Crippen molar-refractivity contribution < 1.29 is 32.2 Å². The molecule has 1 aliphatic carbocycles. The molecule has 1 saturated carbocycles. The zero-order chi connectivity index (χ0) is 17.6. The smallest absolute Gasteiger partial charge is 0.456 e. The van der Waals surface area contributed by atoms with E-state index in [0.717, 1.165) is 12.8 Å². The molecule has 2 fully saturated rings. The molecule has 1 heterocycles. The molecule has 0 aromatic heterocycles. The zero-order valence-corrected chi connectivity index (χ0v) is 13.9. The van der Waals surface area contributed by atoms with Crippen LogP contribution in [0.5, 0.6) is 0 Å². The minimum atomic E-state index is -4.91. The summed E-state index contributed by atoms with van der Waals surface area (Å²) < 4.78 is 52.3. The van der Waals surface area contributed by atoms with Crippen LogP contribution in [0.1, 0.15) is 45.4 Å². The molecule has 138 valence electrons. The van der Waals surface area contributed by atoms with Gasteiger partial charge in [-0.3, -0.25) is 0 Å². The van der Waals surface area contributed by atoms with Crippen molar-refractivity contribution in [3.63, 3.8) is 0 Å². The standard InChI is InChI=1S/C17H25F3O4/c1-2-3-13-10-22-15(23-11-13)9-6-12-4-7-14(8-5-12)24-16(21)17(18,19)20/h6,9,12-15H,2-5,7-8,10-11H2,1H3/b9-6+. The number of esters is 1. The van der Waals surface area contributed by atoms with Crippen LogP contribution >= 0.6 is 0 Å². The van der Waals surface area contributed by atoms with Gasteiger partial charge in [0, 0.05) is 5.92 Å². The van der Waals surface area contributed by atoms with Crippen molar-refractivity contribution in [2.75, 3.05) is 13.2 Å². The Morgan fingerprint density at radius 1 is 1.12 bits per heavy atom. The summed E-state index contributed by atoms with van der Waals surface area (Å²) in [4.78, 5) is 10.8.